The predicted molar refractivity (Wildman–Crippen MR) is 112 cm³/mol. The molecular weight excluding hydrogens is 402 g/mol. The number of amides is 1. The maximum atomic E-state index is 13.0. The Morgan fingerprint density at radius 3 is 2.53 bits per heavy atom. The fraction of sp³-hybridized carbons (Fsp3) is 0.263. The first kappa shape index (κ1) is 18.4. The van der Waals surface area contributed by atoms with Gasteiger partial charge in [-0.2, -0.15) is 10.2 Å². The number of aromatic nitrogens is 7. The minimum Gasteiger partial charge on any atom is -0.352 e. The summed E-state index contributed by atoms with van der Waals surface area (Å²) < 4.78 is 3.23. The first-order chi connectivity index (χ1) is 14.7. The van der Waals surface area contributed by atoms with Crippen molar-refractivity contribution in [1.29, 1.82) is 0 Å². The fourth-order valence-electron chi connectivity index (χ4n) is 3.45. The lowest BCUT2D eigenvalue weighted by Gasteiger charge is -2.35. The van der Waals surface area contributed by atoms with Crippen molar-refractivity contribution in [1.82, 2.24) is 39.6 Å². The highest BCUT2D eigenvalue weighted by Crippen LogP contribution is 2.24. The summed E-state index contributed by atoms with van der Waals surface area (Å²) in [5.74, 6) is 1.40. The van der Waals surface area contributed by atoms with Gasteiger partial charge >= 0.3 is 0 Å². The summed E-state index contributed by atoms with van der Waals surface area (Å²) in [5.41, 5.74) is 1.43. The van der Waals surface area contributed by atoms with Crippen LogP contribution in [0.25, 0.3) is 16.4 Å². The Labute approximate surface area is 176 Å². The van der Waals surface area contributed by atoms with Crippen LogP contribution in [0.3, 0.4) is 0 Å². The number of aryl methyl sites for hydroxylation is 1. The van der Waals surface area contributed by atoms with Crippen LogP contribution in [0.2, 0.25) is 0 Å². The van der Waals surface area contributed by atoms with Crippen LogP contribution in [0.1, 0.15) is 10.5 Å². The molecule has 5 heterocycles. The zero-order chi connectivity index (χ0) is 20.5. The van der Waals surface area contributed by atoms with Crippen LogP contribution in [0, 0.1) is 0 Å². The Morgan fingerprint density at radius 2 is 1.87 bits per heavy atom. The number of hydrogen-bond acceptors (Lipinski definition) is 8. The standard InChI is InChI=1S/C19H19N9OS/c1-25-15(11-14(24-25)16-3-2-10-30-16)19(29)27-8-6-26(7-9-27)17-4-5-18(23-22-17)28-13-20-12-21-28/h2-5,10-13H,6-9H2,1H3. The second kappa shape index (κ2) is 7.67. The van der Waals surface area contributed by atoms with Gasteiger partial charge in [-0.05, 0) is 29.6 Å². The highest BCUT2D eigenvalue weighted by atomic mass is 32.1. The molecule has 4 aromatic heterocycles. The molecule has 0 saturated carbocycles. The maximum absolute atomic E-state index is 13.0. The van der Waals surface area contributed by atoms with E-state index in [0.29, 0.717) is 37.7 Å². The molecule has 1 fully saturated rings. The highest BCUT2D eigenvalue weighted by molar-refractivity contribution is 7.13. The minimum atomic E-state index is 0.0000652. The molecular formula is C19H19N9OS. The average Bonchev–Trinajstić information content (AvgIpc) is 3.55. The summed E-state index contributed by atoms with van der Waals surface area (Å²) >= 11 is 1.61. The van der Waals surface area contributed by atoms with Crippen LogP contribution in [0.4, 0.5) is 5.82 Å². The van der Waals surface area contributed by atoms with E-state index in [-0.39, 0.29) is 5.91 Å². The highest BCUT2D eigenvalue weighted by Gasteiger charge is 2.25. The minimum absolute atomic E-state index is 0.0000652. The second-order valence-corrected chi connectivity index (χ2v) is 7.83. The number of hydrogen-bond donors (Lipinski definition) is 0. The molecule has 1 amide bonds. The van der Waals surface area contributed by atoms with E-state index < -0.39 is 0 Å². The van der Waals surface area contributed by atoms with Gasteiger partial charge in [-0.3, -0.25) is 9.48 Å². The van der Waals surface area contributed by atoms with Crippen LogP contribution in [-0.2, 0) is 7.05 Å². The van der Waals surface area contributed by atoms with Gasteiger partial charge in [0.2, 0.25) is 0 Å². The van der Waals surface area contributed by atoms with Gasteiger partial charge in [0.25, 0.3) is 5.91 Å². The van der Waals surface area contributed by atoms with Crippen molar-refractivity contribution in [2.24, 2.45) is 7.05 Å². The Balaban J connectivity index is 1.24. The summed E-state index contributed by atoms with van der Waals surface area (Å²) in [7, 11) is 1.81. The molecule has 0 bridgehead atoms. The van der Waals surface area contributed by atoms with Crippen LogP contribution in [0.15, 0.2) is 48.4 Å². The van der Waals surface area contributed by atoms with E-state index in [2.05, 4.69) is 30.3 Å². The Morgan fingerprint density at radius 1 is 1.07 bits per heavy atom. The third-order valence-corrected chi connectivity index (χ3v) is 5.95. The molecule has 10 nitrogen and oxygen atoms in total. The zero-order valence-corrected chi connectivity index (χ0v) is 17.1. The Bertz CT molecular complexity index is 1130. The third-order valence-electron chi connectivity index (χ3n) is 5.05. The van der Waals surface area contributed by atoms with E-state index in [9.17, 15) is 4.79 Å². The lowest BCUT2D eigenvalue weighted by Crippen LogP contribution is -2.49. The number of carbonyl (C=O) groups excluding carboxylic acids is 1. The average molecular weight is 421 g/mol. The van der Waals surface area contributed by atoms with Gasteiger partial charge in [0, 0.05) is 33.2 Å². The number of nitrogens with zero attached hydrogens (tertiary/aromatic N) is 9. The number of carbonyl (C=O) groups is 1. The molecule has 1 aliphatic rings. The van der Waals surface area contributed by atoms with Gasteiger partial charge < -0.3 is 9.80 Å². The van der Waals surface area contributed by atoms with Crippen LogP contribution in [-0.4, -0.2) is 71.7 Å². The van der Waals surface area contributed by atoms with Gasteiger partial charge in [0.05, 0.1) is 4.88 Å². The SMILES string of the molecule is Cn1nc(-c2cccs2)cc1C(=O)N1CCN(c2ccc(-n3cncn3)nn2)CC1. The van der Waals surface area contributed by atoms with Crippen molar-refractivity contribution < 1.29 is 4.79 Å². The summed E-state index contributed by atoms with van der Waals surface area (Å²) in [6.45, 7) is 2.62. The molecule has 0 N–H and O–H groups in total. The summed E-state index contributed by atoms with van der Waals surface area (Å²) in [6, 6.07) is 9.63. The van der Waals surface area contributed by atoms with Gasteiger partial charge in [-0.25, -0.2) is 9.67 Å². The van der Waals surface area contributed by atoms with Gasteiger partial charge in [-0.1, -0.05) is 6.07 Å². The molecule has 0 atom stereocenters. The van der Waals surface area contributed by atoms with E-state index in [4.69, 9.17) is 0 Å². The number of rotatable bonds is 4. The first-order valence-electron chi connectivity index (χ1n) is 9.50. The lowest BCUT2D eigenvalue weighted by molar-refractivity contribution is 0.0735. The van der Waals surface area contributed by atoms with Crippen LogP contribution in [0.5, 0.6) is 0 Å². The quantitative estimate of drug-likeness (QED) is 0.492. The topological polar surface area (TPSA) is 97.9 Å². The van der Waals surface area contributed by atoms with Crippen molar-refractivity contribution >= 4 is 23.1 Å². The van der Waals surface area contributed by atoms with E-state index in [1.165, 1.54) is 6.33 Å². The predicted octanol–water partition coefficient (Wildman–Crippen LogP) is 1.48. The molecule has 0 aliphatic carbocycles. The Kier molecular flexibility index (Phi) is 4.71. The number of anilines is 1. The van der Waals surface area contributed by atoms with E-state index >= 15 is 0 Å². The van der Waals surface area contributed by atoms with Gasteiger partial charge in [0.1, 0.15) is 24.0 Å². The van der Waals surface area contributed by atoms with Crippen LogP contribution < -0.4 is 4.90 Å². The molecule has 30 heavy (non-hydrogen) atoms. The van der Waals surface area contributed by atoms with Crippen LogP contribution >= 0.6 is 11.3 Å². The molecule has 0 radical (unpaired) electrons. The maximum Gasteiger partial charge on any atom is 0.272 e. The molecule has 0 unspecified atom stereocenters. The van der Waals surface area contributed by atoms with Crippen molar-refractivity contribution in [3.05, 3.63) is 54.1 Å². The van der Waals surface area contributed by atoms with Crippen molar-refractivity contribution in [3.8, 4) is 16.4 Å². The smallest absolute Gasteiger partial charge is 0.272 e. The summed E-state index contributed by atoms with van der Waals surface area (Å²) in [6.07, 6.45) is 3.04. The van der Waals surface area contributed by atoms with E-state index in [0.717, 1.165) is 16.4 Å². The van der Waals surface area contributed by atoms with Crippen molar-refractivity contribution in [3.63, 3.8) is 0 Å². The first-order valence-corrected chi connectivity index (χ1v) is 10.4. The fourth-order valence-corrected chi connectivity index (χ4v) is 4.13. The second-order valence-electron chi connectivity index (χ2n) is 6.88. The molecule has 1 aliphatic heterocycles. The molecule has 0 aromatic carbocycles. The Hall–Kier alpha value is -3.60. The zero-order valence-electron chi connectivity index (χ0n) is 16.3. The normalized spacial score (nSPS) is 14.3. The van der Waals surface area contributed by atoms with Gasteiger partial charge in [0.15, 0.2) is 11.6 Å². The molecule has 1 saturated heterocycles. The molecule has 5 rings (SSSR count). The van der Waals surface area contributed by atoms with E-state index in [1.54, 1.807) is 27.0 Å². The molecule has 152 valence electrons. The van der Waals surface area contributed by atoms with Crippen molar-refractivity contribution in [2.45, 2.75) is 0 Å². The van der Waals surface area contributed by atoms with Crippen molar-refractivity contribution in [2.75, 3.05) is 31.1 Å². The van der Waals surface area contributed by atoms with E-state index in [1.807, 2.05) is 47.7 Å². The monoisotopic (exact) mass is 421 g/mol. The number of piperazine rings is 1. The largest absolute Gasteiger partial charge is 0.352 e. The lowest BCUT2D eigenvalue weighted by atomic mass is 10.2. The molecule has 0 spiro atoms. The molecule has 11 heteroatoms. The summed E-state index contributed by atoms with van der Waals surface area (Å²) in [5, 5.41) is 19.1. The third kappa shape index (κ3) is 3.43. The number of thiophene rings is 1. The summed E-state index contributed by atoms with van der Waals surface area (Å²) in [4.78, 5) is 22.0. The molecule has 4 aromatic rings. The van der Waals surface area contributed by atoms with Gasteiger partial charge in [-0.15, -0.1) is 21.5 Å².